The van der Waals surface area contributed by atoms with E-state index in [1.807, 2.05) is 17.8 Å². The number of hydrogen-bond acceptors (Lipinski definition) is 3. The van der Waals surface area contributed by atoms with Gasteiger partial charge in [-0.05, 0) is 12.0 Å². The minimum Gasteiger partial charge on any atom is -0.306 e. The Morgan fingerprint density at radius 1 is 1.19 bits per heavy atom. The van der Waals surface area contributed by atoms with Crippen molar-refractivity contribution in [2.45, 2.75) is 24.5 Å². The Bertz CT molecular complexity index is 478. The van der Waals surface area contributed by atoms with E-state index in [9.17, 15) is 0 Å². The maximum Gasteiger partial charge on any atom is 0.191 e. The molecule has 2 heterocycles. The monoisotopic (exact) mass is 231 g/mol. The molecule has 0 N–H and O–H groups in total. The molecule has 0 amide bonds. The Balaban J connectivity index is 1.88. The molecular weight excluding hydrogens is 218 g/mol. The Morgan fingerprint density at radius 3 is 2.94 bits per heavy atom. The van der Waals surface area contributed by atoms with E-state index in [1.54, 1.807) is 0 Å². The first kappa shape index (κ1) is 9.90. The first-order valence-electron chi connectivity index (χ1n) is 5.52. The van der Waals surface area contributed by atoms with Crippen LogP contribution in [0.3, 0.4) is 0 Å². The molecule has 0 saturated carbocycles. The van der Waals surface area contributed by atoms with Crippen molar-refractivity contribution in [1.82, 2.24) is 14.8 Å². The minimum absolute atomic E-state index is 0.883. The summed E-state index contributed by atoms with van der Waals surface area (Å²) >= 11 is 1.81. The van der Waals surface area contributed by atoms with Gasteiger partial charge in [-0.25, -0.2) is 0 Å². The van der Waals surface area contributed by atoms with Gasteiger partial charge >= 0.3 is 0 Å². The van der Waals surface area contributed by atoms with E-state index < -0.39 is 0 Å². The van der Waals surface area contributed by atoms with E-state index in [0.29, 0.717) is 0 Å². The fourth-order valence-electron chi connectivity index (χ4n) is 1.95. The lowest BCUT2D eigenvalue weighted by Crippen LogP contribution is -2.10. The van der Waals surface area contributed by atoms with E-state index >= 15 is 0 Å². The molecule has 0 atom stereocenters. The van der Waals surface area contributed by atoms with Crippen LogP contribution in [0.2, 0.25) is 0 Å². The van der Waals surface area contributed by atoms with Crippen molar-refractivity contribution in [3.63, 3.8) is 0 Å². The third-order valence-electron chi connectivity index (χ3n) is 2.76. The highest BCUT2D eigenvalue weighted by atomic mass is 32.2. The van der Waals surface area contributed by atoms with Crippen LogP contribution in [-0.2, 0) is 13.0 Å². The van der Waals surface area contributed by atoms with E-state index in [1.165, 1.54) is 17.7 Å². The van der Waals surface area contributed by atoms with Gasteiger partial charge < -0.3 is 4.57 Å². The molecule has 0 bridgehead atoms. The maximum atomic E-state index is 4.29. The Kier molecular flexibility index (Phi) is 2.66. The number of thioether (sulfide) groups is 1. The van der Waals surface area contributed by atoms with Crippen molar-refractivity contribution < 1.29 is 0 Å². The molecule has 0 aliphatic carbocycles. The number of aromatic nitrogens is 3. The standard InChI is InChI=1S/C12H13N3S/c1-2-5-10(6-3-1)9-11-13-14-12-15(11)7-4-8-16-12/h1-3,5-6H,4,7-9H2. The van der Waals surface area contributed by atoms with Crippen LogP contribution >= 0.6 is 11.8 Å². The number of hydrogen-bond donors (Lipinski definition) is 0. The third-order valence-corrected chi connectivity index (χ3v) is 3.81. The predicted molar refractivity (Wildman–Crippen MR) is 64.6 cm³/mol. The summed E-state index contributed by atoms with van der Waals surface area (Å²) in [5.74, 6) is 2.26. The summed E-state index contributed by atoms with van der Waals surface area (Å²) in [7, 11) is 0. The Labute approximate surface area is 98.9 Å². The van der Waals surface area contributed by atoms with Crippen molar-refractivity contribution >= 4 is 11.8 Å². The fraction of sp³-hybridized carbons (Fsp3) is 0.333. The van der Waals surface area contributed by atoms with Crippen molar-refractivity contribution in [3.8, 4) is 0 Å². The SMILES string of the molecule is c1ccc(Cc2nnc3n2CCCS3)cc1. The summed E-state index contributed by atoms with van der Waals surface area (Å²) in [5.41, 5.74) is 1.30. The molecule has 0 spiro atoms. The lowest BCUT2D eigenvalue weighted by molar-refractivity contribution is 0.585. The fourth-order valence-corrected chi connectivity index (χ4v) is 2.85. The summed E-state index contributed by atoms with van der Waals surface area (Å²) in [6.45, 7) is 1.07. The molecule has 0 saturated heterocycles. The zero-order chi connectivity index (χ0) is 10.8. The van der Waals surface area contributed by atoms with Gasteiger partial charge in [-0.15, -0.1) is 10.2 Å². The molecule has 16 heavy (non-hydrogen) atoms. The summed E-state index contributed by atoms with van der Waals surface area (Å²) in [6.07, 6.45) is 2.10. The molecular formula is C12H13N3S. The number of benzene rings is 1. The normalized spacial score (nSPS) is 14.8. The van der Waals surface area contributed by atoms with E-state index in [-0.39, 0.29) is 0 Å². The highest BCUT2D eigenvalue weighted by Gasteiger charge is 2.15. The van der Waals surface area contributed by atoms with Crippen LogP contribution in [0.25, 0.3) is 0 Å². The van der Waals surface area contributed by atoms with Crippen molar-refractivity contribution in [3.05, 3.63) is 41.7 Å². The average molecular weight is 231 g/mol. The summed E-state index contributed by atoms with van der Waals surface area (Å²) in [5, 5.41) is 9.59. The molecule has 1 aliphatic rings. The maximum absolute atomic E-state index is 4.29. The van der Waals surface area contributed by atoms with E-state index in [0.717, 1.165) is 23.9 Å². The first-order chi connectivity index (χ1) is 7.93. The molecule has 3 nitrogen and oxygen atoms in total. The predicted octanol–water partition coefficient (Wildman–Crippen LogP) is 2.36. The van der Waals surface area contributed by atoms with E-state index in [2.05, 4.69) is 39.0 Å². The van der Waals surface area contributed by atoms with Crippen molar-refractivity contribution in [2.75, 3.05) is 5.75 Å². The molecule has 3 rings (SSSR count). The molecule has 1 aromatic heterocycles. The second-order valence-electron chi connectivity index (χ2n) is 3.91. The van der Waals surface area contributed by atoms with Gasteiger partial charge in [-0.3, -0.25) is 0 Å². The number of nitrogens with zero attached hydrogens (tertiary/aromatic N) is 3. The molecule has 82 valence electrons. The molecule has 0 fully saturated rings. The van der Waals surface area contributed by atoms with Crippen LogP contribution in [0.5, 0.6) is 0 Å². The third kappa shape index (κ3) is 1.85. The van der Waals surface area contributed by atoms with Gasteiger partial charge in [0.15, 0.2) is 5.16 Å². The van der Waals surface area contributed by atoms with Gasteiger partial charge in [0, 0.05) is 18.7 Å². The largest absolute Gasteiger partial charge is 0.306 e. The van der Waals surface area contributed by atoms with Crippen LogP contribution in [0, 0.1) is 0 Å². The second-order valence-corrected chi connectivity index (χ2v) is 4.98. The number of fused-ring (bicyclic) bond motifs is 1. The van der Waals surface area contributed by atoms with Crippen LogP contribution in [0.15, 0.2) is 35.5 Å². The van der Waals surface area contributed by atoms with E-state index in [4.69, 9.17) is 0 Å². The highest BCUT2D eigenvalue weighted by Crippen LogP contribution is 2.24. The molecule has 1 aliphatic heterocycles. The molecule has 0 radical (unpaired) electrons. The van der Waals surface area contributed by atoms with Gasteiger partial charge in [0.25, 0.3) is 0 Å². The Hall–Kier alpha value is -1.29. The molecule has 0 unspecified atom stereocenters. The second kappa shape index (κ2) is 4.29. The zero-order valence-electron chi connectivity index (χ0n) is 8.97. The zero-order valence-corrected chi connectivity index (χ0v) is 9.78. The molecule has 2 aromatic rings. The molecule has 1 aromatic carbocycles. The van der Waals surface area contributed by atoms with Crippen LogP contribution < -0.4 is 0 Å². The van der Waals surface area contributed by atoms with Crippen molar-refractivity contribution in [1.29, 1.82) is 0 Å². The molecule has 4 heteroatoms. The minimum atomic E-state index is 0.883. The topological polar surface area (TPSA) is 30.7 Å². The lowest BCUT2D eigenvalue weighted by atomic mass is 10.1. The van der Waals surface area contributed by atoms with Crippen molar-refractivity contribution in [2.24, 2.45) is 0 Å². The van der Waals surface area contributed by atoms with Gasteiger partial charge in [0.1, 0.15) is 5.82 Å². The quantitative estimate of drug-likeness (QED) is 0.795. The van der Waals surface area contributed by atoms with Crippen LogP contribution in [0.4, 0.5) is 0 Å². The smallest absolute Gasteiger partial charge is 0.191 e. The summed E-state index contributed by atoms with van der Waals surface area (Å²) < 4.78 is 2.25. The summed E-state index contributed by atoms with van der Waals surface area (Å²) in [4.78, 5) is 0. The summed E-state index contributed by atoms with van der Waals surface area (Å²) in [6, 6.07) is 10.4. The van der Waals surface area contributed by atoms with Gasteiger partial charge in [0.2, 0.25) is 0 Å². The van der Waals surface area contributed by atoms with Crippen LogP contribution in [0.1, 0.15) is 17.8 Å². The Morgan fingerprint density at radius 2 is 2.06 bits per heavy atom. The van der Waals surface area contributed by atoms with Crippen LogP contribution in [-0.4, -0.2) is 20.5 Å². The lowest BCUT2D eigenvalue weighted by Gasteiger charge is -2.13. The highest BCUT2D eigenvalue weighted by molar-refractivity contribution is 7.99. The average Bonchev–Trinajstić information content (AvgIpc) is 2.74. The van der Waals surface area contributed by atoms with Gasteiger partial charge in [-0.1, -0.05) is 42.1 Å². The van der Waals surface area contributed by atoms with Gasteiger partial charge in [0.05, 0.1) is 0 Å². The van der Waals surface area contributed by atoms with Gasteiger partial charge in [-0.2, -0.15) is 0 Å². The number of rotatable bonds is 2. The first-order valence-corrected chi connectivity index (χ1v) is 6.51.